The minimum absolute atomic E-state index is 0.147. The molecule has 0 heterocycles. The Morgan fingerprint density at radius 1 is 1.00 bits per heavy atom. The molecule has 0 aliphatic heterocycles. The lowest BCUT2D eigenvalue weighted by atomic mass is 9.83. The van der Waals surface area contributed by atoms with Crippen LogP contribution in [0, 0.1) is 23.7 Å². The second-order valence-corrected chi connectivity index (χ2v) is 4.50. The van der Waals surface area contributed by atoms with Crippen molar-refractivity contribution in [2.45, 2.75) is 20.3 Å². The molecule has 4 unspecified atom stereocenters. The number of carbonyl (C=O) groups is 2. The van der Waals surface area contributed by atoms with Crippen LogP contribution in [0.3, 0.4) is 0 Å². The Balaban J connectivity index is 2.14. The summed E-state index contributed by atoms with van der Waals surface area (Å²) in [4.78, 5) is 23.8. The maximum atomic E-state index is 11.9. The zero-order valence-electron chi connectivity index (χ0n) is 10.2. The lowest BCUT2D eigenvalue weighted by molar-refractivity contribution is -0.160. The molecule has 94 valence electrons. The van der Waals surface area contributed by atoms with Crippen molar-refractivity contribution in [2.75, 3.05) is 13.2 Å². The molecule has 0 saturated heterocycles. The van der Waals surface area contributed by atoms with Crippen molar-refractivity contribution in [2.24, 2.45) is 23.7 Å². The number of fused-ring (bicyclic) bond motifs is 2. The van der Waals surface area contributed by atoms with Gasteiger partial charge in [-0.1, -0.05) is 12.2 Å². The molecule has 4 heteroatoms. The zero-order valence-corrected chi connectivity index (χ0v) is 10.2. The Kier molecular flexibility index (Phi) is 3.50. The SMILES string of the molecule is CCOC(=O)C1C2C=CC(C2)C1C(=O)OCC. The molecule has 0 N–H and O–H groups in total. The van der Waals surface area contributed by atoms with Gasteiger partial charge in [0.05, 0.1) is 25.0 Å². The van der Waals surface area contributed by atoms with Crippen molar-refractivity contribution in [3.63, 3.8) is 0 Å². The summed E-state index contributed by atoms with van der Waals surface area (Å²) in [6.45, 7) is 4.26. The first-order chi connectivity index (χ1) is 8.19. The van der Waals surface area contributed by atoms with Crippen molar-refractivity contribution in [1.82, 2.24) is 0 Å². The van der Waals surface area contributed by atoms with Gasteiger partial charge < -0.3 is 9.47 Å². The standard InChI is InChI=1S/C13H18O4/c1-3-16-12(14)10-8-5-6-9(7-8)11(10)13(15)17-4-2/h5-6,8-11H,3-4,7H2,1-2H3. The molecule has 0 radical (unpaired) electrons. The number of allylic oxidation sites excluding steroid dienone is 2. The van der Waals surface area contributed by atoms with Crippen molar-refractivity contribution in [1.29, 1.82) is 0 Å². The average molecular weight is 238 g/mol. The summed E-state index contributed by atoms with van der Waals surface area (Å²) in [5.41, 5.74) is 0. The minimum atomic E-state index is -0.344. The number of rotatable bonds is 4. The molecule has 4 atom stereocenters. The molecule has 2 bridgehead atoms. The van der Waals surface area contributed by atoms with E-state index in [1.54, 1.807) is 13.8 Å². The molecule has 4 nitrogen and oxygen atoms in total. The normalized spacial score (nSPS) is 33.8. The van der Waals surface area contributed by atoms with Crippen LogP contribution < -0.4 is 0 Å². The Labute approximate surface area is 101 Å². The third-order valence-electron chi connectivity index (χ3n) is 3.58. The van der Waals surface area contributed by atoms with Crippen LogP contribution in [-0.2, 0) is 19.1 Å². The predicted molar refractivity (Wildman–Crippen MR) is 61.0 cm³/mol. The van der Waals surface area contributed by atoms with E-state index in [4.69, 9.17) is 9.47 Å². The molecule has 17 heavy (non-hydrogen) atoms. The second-order valence-electron chi connectivity index (χ2n) is 4.50. The van der Waals surface area contributed by atoms with E-state index in [1.807, 2.05) is 12.2 Å². The Bertz CT molecular complexity index is 315. The highest BCUT2D eigenvalue weighted by atomic mass is 16.5. The number of hydrogen-bond acceptors (Lipinski definition) is 4. The largest absolute Gasteiger partial charge is 0.466 e. The number of carbonyl (C=O) groups excluding carboxylic acids is 2. The molecule has 1 saturated carbocycles. The van der Waals surface area contributed by atoms with E-state index in [-0.39, 0.29) is 35.6 Å². The molecular formula is C13H18O4. The van der Waals surface area contributed by atoms with Crippen LogP contribution in [0.4, 0.5) is 0 Å². The molecule has 2 aliphatic rings. The molecule has 2 aliphatic carbocycles. The first kappa shape index (κ1) is 12.1. The third-order valence-corrected chi connectivity index (χ3v) is 3.58. The monoisotopic (exact) mass is 238 g/mol. The quantitative estimate of drug-likeness (QED) is 0.551. The van der Waals surface area contributed by atoms with Gasteiger partial charge in [0.2, 0.25) is 0 Å². The summed E-state index contributed by atoms with van der Waals surface area (Å²) in [6, 6.07) is 0. The van der Waals surface area contributed by atoms with Crippen LogP contribution in [0.25, 0.3) is 0 Å². The molecular weight excluding hydrogens is 220 g/mol. The van der Waals surface area contributed by atoms with Crippen molar-refractivity contribution >= 4 is 11.9 Å². The second kappa shape index (κ2) is 4.90. The lowest BCUT2D eigenvalue weighted by Crippen LogP contribution is -2.35. The molecule has 0 amide bonds. The van der Waals surface area contributed by atoms with Gasteiger partial charge in [0.25, 0.3) is 0 Å². The first-order valence-corrected chi connectivity index (χ1v) is 6.20. The van der Waals surface area contributed by atoms with Gasteiger partial charge in [-0.05, 0) is 32.1 Å². The molecule has 0 aromatic rings. The van der Waals surface area contributed by atoms with Gasteiger partial charge in [0, 0.05) is 0 Å². The van der Waals surface area contributed by atoms with Gasteiger partial charge in [-0.3, -0.25) is 9.59 Å². The van der Waals surface area contributed by atoms with Gasteiger partial charge in [-0.25, -0.2) is 0 Å². The summed E-state index contributed by atoms with van der Waals surface area (Å²) in [5, 5.41) is 0. The van der Waals surface area contributed by atoms with Gasteiger partial charge in [0.1, 0.15) is 0 Å². The van der Waals surface area contributed by atoms with Crippen LogP contribution in [-0.4, -0.2) is 25.2 Å². The summed E-state index contributed by atoms with van der Waals surface area (Å²) >= 11 is 0. The van der Waals surface area contributed by atoms with Crippen molar-refractivity contribution in [3.8, 4) is 0 Å². The van der Waals surface area contributed by atoms with E-state index in [9.17, 15) is 9.59 Å². The van der Waals surface area contributed by atoms with Crippen molar-refractivity contribution < 1.29 is 19.1 Å². The molecule has 1 fully saturated rings. The van der Waals surface area contributed by atoms with E-state index in [2.05, 4.69) is 0 Å². The van der Waals surface area contributed by atoms with Crippen LogP contribution in [0.5, 0.6) is 0 Å². The van der Waals surface area contributed by atoms with Gasteiger partial charge in [-0.2, -0.15) is 0 Å². The minimum Gasteiger partial charge on any atom is -0.466 e. The number of hydrogen-bond donors (Lipinski definition) is 0. The fourth-order valence-corrected chi connectivity index (χ4v) is 2.94. The van der Waals surface area contributed by atoms with Crippen LogP contribution in [0.15, 0.2) is 12.2 Å². The highest BCUT2D eigenvalue weighted by Crippen LogP contribution is 2.48. The topological polar surface area (TPSA) is 52.6 Å². The maximum absolute atomic E-state index is 11.9. The molecule has 0 aromatic carbocycles. The summed E-state index contributed by atoms with van der Waals surface area (Å²) in [7, 11) is 0. The van der Waals surface area contributed by atoms with Crippen LogP contribution in [0.1, 0.15) is 20.3 Å². The lowest BCUT2D eigenvalue weighted by Gasteiger charge is -2.24. The van der Waals surface area contributed by atoms with E-state index in [1.165, 1.54) is 0 Å². The fourth-order valence-electron chi connectivity index (χ4n) is 2.94. The van der Waals surface area contributed by atoms with E-state index < -0.39 is 0 Å². The Hall–Kier alpha value is -1.32. The smallest absolute Gasteiger partial charge is 0.310 e. The Morgan fingerprint density at radius 3 is 1.76 bits per heavy atom. The fraction of sp³-hybridized carbons (Fsp3) is 0.692. The first-order valence-electron chi connectivity index (χ1n) is 6.20. The van der Waals surface area contributed by atoms with Gasteiger partial charge >= 0.3 is 11.9 Å². The highest BCUT2D eigenvalue weighted by molar-refractivity contribution is 5.84. The maximum Gasteiger partial charge on any atom is 0.310 e. The average Bonchev–Trinajstić information content (AvgIpc) is 2.89. The van der Waals surface area contributed by atoms with Gasteiger partial charge in [0.15, 0.2) is 0 Å². The van der Waals surface area contributed by atoms with Crippen LogP contribution in [0.2, 0.25) is 0 Å². The predicted octanol–water partition coefficient (Wildman–Crippen LogP) is 1.55. The van der Waals surface area contributed by atoms with E-state index in [0.717, 1.165) is 6.42 Å². The summed E-state index contributed by atoms with van der Waals surface area (Å²) in [5.74, 6) is -0.917. The van der Waals surface area contributed by atoms with Gasteiger partial charge in [-0.15, -0.1) is 0 Å². The zero-order chi connectivity index (χ0) is 12.4. The summed E-state index contributed by atoms with van der Waals surface area (Å²) < 4.78 is 10.1. The number of esters is 2. The van der Waals surface area contributed by atoms with Crippen molar-refractivity contribution in [3.05, 3.63) is 12.2 Å². The number of ether oxygens (including phenoxy) is 2. The van der Waals surface area contributed by atoms with E-state index in [0.29, 0.717) is 13.2 Å². The molecule has 2 rings (SSSR count). The van der Waals surface area contributed by atoms with E-state index >= 15 is 0 Å². The Morgan fingerprint density at radius 2 is 1.41 bits per heavy atom. The molecule has 0 aromatic heterocycles. The van der Waals surface area contributed by atoms with Crippen LogP contribution >= 0.6 is 0 Å². The molecule has 0 spiro atoms. The third kappa shape index (κ3) is 2.08. The summed E-state index contributed by atoms with van der Waals surface area (Å²) in [6.07, 6.45) is 4.93. The highest BCUT2D eigenvalue weighted by Gasteiger charge is 2.52.